The maximum atomic E-state index is 12.9. The van der Waals surface area contributed by atoms with Gasteiger partial charge in [-0.05, 0) is 80.1 Å². The lowest BCUT2D eigenvalue weighted by molar-refractivity contribution is -0.117. The van der Waals surface area contributed by atoms with Crippen molar-refractivity contribution in [3.63, 3.8) is 0 Å². The topological polar surface area (TPSA) is 38.3 Å². The van der Waals surface area contributed by atoms with Crippen molar-refractivity contribution < 1.29 is 18.3 Å². The van der Waals surface area contributed by atoms with Crippen LogP contribution in [0.4, 0.5) is 14.5 Å². The number of carbonyl (C=O) groups excluding carboxylic acids is 1. The van der Waals surface area contributed by atoms with Crippen molar-refractivity contribution >= 4 is 11.6 Å². The first-order valence-corrected chi connectivity index (χ1v) is 8.56. The molecule has 0 heterocycles. The number of anilines is 1. The zero-order valence-electron chi connectivity index (χ0n) is 13.9. The Balaban J connectivity index is 1.42. The van der Waals surface area contributed by atoms with Crippen LogP contribution < -0.4 is 10.1 Å². The highest BCUT2D eigenvalue weighted by atomic mass is 19.1. The SMILES string of the molecule is O=C(CC1CCC(Oc2ccc(F)cc2)CC1)Nc1ccc(F)cc1. The Kier molecular flexibility index (Phi) is 5.64. The maximum absolute atomic E-state index is 12.9. The zero-order valence-corrected chi connectivity index (χ0v) is 13.9. The van der Waals surface area contributed by atoms with Crippen molar-refractivity contribution in [3.05, 3.63) is 60.2 Å². The van der Waals surface area contributed by atoms with Gasteiger partial charge in [-0.25, -0.2) is 8.78 Å². The second-order valence-electron chi connectivity index (χ2n) is 6.47. The normalized spacial score (nSPS) is 20.1. The van der Waals surface area contributed by atoms with Gasteiger partial charge in [0.1, 0.15) is 17.4 Å². The van der Waals surface area contributed by atoms with Gasteiger partial charge >= 0.3 is 0 Å². The lowest BCUT2D eigenvalue weighted by Crippen LogP contribution is -2.26. The molecule has 0 saturated heterocycles. The third kappa shape index (κ3) is 5.28. The summed E-state index contributed by atoms with van der Waals surface area (Å²) in [7, 11) is 0. The van der Waals surface area contributed by atoms with Crippen LogP contribution in [0.2, 0.25) is 0 Å². The Morgan fingerprint density at radius 1 is 0.920 bits per heavy atom. The molecule has 132 valence electrons. The Morgan fingerprint density at radius 3 is 2.08 bits per heavy atom. The van der Waals surface area contributed by atoms with Gasteiger partial charge in [0.2, 0.25) is 5.91 Å². The molecule has 3 nitrogen and oxygen atoms in total. The van der Waals surface area contributed by atoms with Crippen LogP contribution in [0, 0.1) is 17.6 Å². The van der Waals surface area contributed by atoms with Crippen molar-refractivity contribution in [2.75, 3.05) is 5.32 Å². The summed E-state index contributed by atoms with van der Waals surface area (Å²) in [6, 6.07) is 11.8. The minimum atomic E-state index is -0.322. The summed E-state index contributed by atoms with van der Waals surface area (Å²) in [4.78, 5) is 12.1. The molecule has 0 spiro atoms. The molecular formula is C20H21F2NO2. The molecule has 2 aromatic carbocycles. The van der Waals surface area contributed by atoms with Gasteiger partial charge in [0.25, 0.3) is 0 Å². The molecule has 1 aliphatic rings. The number of benzene rings is 2. The molecule has 1 N–H and O–H groups in total. The highest BCUT2D eigenvalue weighted by molar-refractivity contribution is 5.90. The van der Waals surface area contributed by atoms with E-state index in [0.717, 1.165) is 25.7 Å². The molecule has 2 aromatic rings. The molecule has 3 rings (SSSR count). The van der Waals surface area contributed by atoms with Crippen LogP contribution in [-0.2, 0) is 4.79 Å². The van der Waals surface area contributed by atoms with Crippen molar-refractivity contribution in [3.8, 4) is 5.75 Å². The summed E-state index contributed by atoms with van der Waals surface area (Å²) in [5, 5.41) is 2.80. The smallest absolute Gasteiger partial charge is 0.224 e. The van der Waals surface area contributed by atoms with Crippen LogP contribution in [0.15, 0.2) is 48.5 Å². The quantitative estimate of drug-likeness (QED) is 0.834. The summed E-state index contributed by atoms with van der Waals surface area (Å²) in [6.07, 6.45) is 4.17. The van der Waals surface area contributed by atoms with E-state index in [2.05, 4.69) is 5.32 Å². The van der Waals surface area contributed by atoms with E-state index in [1.165, 1.54) is 24.3 Å². The number of amides is 1. The van der Waals surface area contributed by atoms with Crippen molar-refractivity contribution in [1.29, 1.82) is 0 Å². The van der Waals surface area contributed by atoms with Gasteiger partial charge in [-0.1, -0.05) is 0 Å². The van der Waals surface area contributed by atoms with Gasteiger partial charge in [-0.3, -0.25) is 4.79 Å². The predicted octanol–water partition coefficient (Wildman–Crippen LogP) is 4.93. The van der Waals surface area contributed by atoms with E-state index in [1.54, 1.807) is 24.3 Å². The molecule has 5 heteroatoms. The fourth-order valence-electron chi connectivity index (χ4n) is 3.17. The molecule has 1 aliphatic carbocycles. The van der Waals surface area contributed by atoms with E-state index in [1.807, 2.05) is 0 Å². The van der Waals surface area contributed by atoms with E-state index >= 15 is 0 Å². The van der Waals surface area contributed by atoms with Gasteiger partial charge in [-0.15, -0.1) is 0 Å². The van der Waals surface area contributed by atoms with E-state index in [0.29, 0.717) is 23.8 Å². The van der Waals surface area contributed by atoms with Crippen LogP contribution in [0.3, 0.4) is 0 Å². The van der Waals surface area contributed by atoms with E-state index < -0.39 is 0 Å². The Morgan fingerprint density at radius 2 is 1.48 bits per heavy atom. The number of halogens is 2. The number of hydrogen-bond donors (Lipinski definition) is 1. The highest BCUT2D eigenvalue weighted by Gasteiger charge is 2.24. The van der Waals surface area contributed by atoms with E-state index in [9.17, 15) is 13.6 Å². The number of hydrogen-bond acceptors (Lipinski definition) is 2. The Labute approximate surface area is 146 Å². The highest BCUT2D eigenvalue weighted by Crippen LogP contribution is 2.30. The van der Waals surface area contributed by atoms with Gasteiger partial charge < -0.3 is 10.1 Å². The Hall–Kier alpha value is -2.43. The maximum Gasteiger partial charge on any atom is 0.224 e. The average molecular weight is 345 g/mol. The first-order valence-electron chi connectivity index (χ1n) is 8.56. The summed E-state index contributed by atoms with van der Waals surface area (Å²) >= 11 is 0. The van der Waals surface area contributed by atoms with Crippen LogP contribution >= 0.6 is 0 Å². The minimum absolute atomic E-state index is 0.0467. The molecule has 0 radical (unpaired) electrons. The van der Waals surface area contributed by atoms with Gasteiger partial charge in [0.15, 0.2) is 0 Å². The van der Waals surface area contributed by atoms with Crippen LogP contribution in [0.5, 0.6) is 5.75 Å². The first kappa shape index (κ1) is 17.4. The molecule has 0 aliphatic heterocycles. The molecular weight excluding hydrogens is 324 g/mol. The molecule has 25 heavy (non-hydrogen) atoms. The molecule has 0 unspecified atom stereocenters. The molecule has 0 atom stereocenters. The number of nitrogens with one attached hydrogen (secondary N) is 1. The third-order valence-electron chi connectivity index (χ3n) is 4.51. The predicted molar refractivity (Wildman–Crippen MR) is 92.4 cm³/mol. The van der Waals surface area contributed by atoms with Crippen molar-refractivity contribution in [2.45, 2.75) is 38.2 Å². The molecule has 1 amide bonds. The number of carbonyl (C=O) groups is 1. The standard InChI is InChI=1S/C20H21F2NO2/c21-15-3-7-17(8-4-15)23-20(24)13-14-1-9-18(10-2-14)25-19-11-5-16(22)6-12-19/h3-8,11-12,14,18H,1-2,9-10,13H2,(H,23,24). The van der Waals surface area contributed by atoms with Crippen molar-refractivity contribution in [1.82, 2.24) is 0 Å². The van der Waals surface area contributed by atoms with Gasteiger partial charge in [0.05, 0.1) is 6.10 Å². The number of rotatable bonds is 5. The molecule has 0 aromatic heterocycles. The van der Waals surface area contributed by atoms with E-state index in [4.69, 9.17) is 4.74 Å². The summed E-state index contributed by atoms with van der Waals surface area (Å²) in [6.45, 7) is 0. The zero-order chi connectivity index (χ0) is 17.6. The number of ether oxygens (including phenoxy) is 1. The third-order valence-corrected chi connectivity index (χ3v) is 4.51. The lowest BCUT2D eigenvalue weighted by atomic mass is 9.85. The summed E-state index contributed by atoms with van der Waals surface area (Å²) < 4.78 is 31.6. The fraction of sp³-hybridized carbons (Fsp3) is 0.350. The van der Waals surface area contributed by atoms with Crippen LogP contribution in [0.25, 0.3) is 0 Å². The lowest BCUT2D eigenvalue weighted by Gasteiger charge is -2.28. The molecule has 1 fully saturated rings. The van der Waals surface area contributed by atoms with Crippen LogP contribution in [-0.4, -0.2) is 12.0 Å². The second kappa shape index (κ2) is 8.10. The van der Waals surface area contributed by atoms with Crippen molar-refractivity contribution in [2.24, 2.45) is 5.92 Å². The molecule has 1 saturated carbocycles. The summed E-state index contributed by atoms with van der Waals surface area (Å²) in [5.74, 6) is 0.364. The van der Waals surface area contributed by atoms with Gasteiger partial charge in [-0.2, -0.15) is 0 Å². The van der Waals surface area contributed by atoms with E-state index in [-0.39, 0.29) is 23.6 Å². The molecule has 0 bridgehead atoms. The largest absolute Gasteiger partial charge is 0.490 e. The van der Waals surface area contributed by atoms with Gasteiger partial charge in [0, 0.05) is 12.1 Å². The Bertz CT molecular complexity index is 693. The van der Waals surface area contributed by atoms with Crippen LogP contribution in [0.1, 0.15) is 32.1 Å². The summed E-state index contributed by atoms with van der Waals surface area (Å²) in [5.41, 5.74) is 0.611. The first-order chi connectivity index (χ1) is 12.1. The fourth-order valence-corrected chi connectivity index (χ4v) is 3.17. The minimum Gasteiger partial charge on any atom is -0.490 e. The second-order valence-corrected chi connectivity index (χ2v) is 6.47. The monoisotopic (exact) mass is 345 g/mol. The average Bonchev–Trinajstić information content (AvgIpc) is 2.61.